The summed E-state index contributed by atoms with van der Waals surface area (Å²) in [6.07, 6.45) is 2.14. The van der Waals surface area contributed by atoms with Gasteiger partial charge in [0.25, 0.3) is 5.91 Å². The molecule has 2 amide bonds. The predicted octanol–water partition coefficient (Wildman–Crippen LogP) is 1.50. The van der Waals surface area contributed by atoms with Gasteiger partial charge in [0.05, 0.1) is 12.0 Å². The first-order chi connectivity index (χ1) is 12.1. The minimum absolute atomic E-state index is 0. The maximum absolute atomic E-state index is 12.8. The average molecular weight is 388 g/mol. The number of piperidine rings is 1. The quantitative estimate of drug-likeness (QED) is 0.591. The molecule has 2 rings (SSSR count). The number of benzene rings is 1. The lowest BCUT2D eigenvalue weighted by Gasteiger charge is -2.35. The highest BCUT2D eigenvalue weighted by Crippen LogP contribution is 2.29. The molecule has 0 bridgehead atoms. The van der Waals surface area contributed by atoms with Crippen molar-refractivity contribution in [2.24, 2.45) is 5.41 Å². The number of ether oxygens (including phenoxy) is 1. The third-order valence-corrected chi connectivity index (χ3v) is 4.49. The van der Waals surface area contributed by atoms with E-state index in [4.69, 9.17) is 4.74 Å². The van der Waals surface area contributed by atoms with E-state index >= 15 is 0 Å². The topological polar surface area (TPSA) is 79.5 Å². The Bertz CT molecular complexity index is 572. The minimum Gasteiger partial charge on any atom is -0.384 e. The molecule has 0 radical (unpaired) electrons. The highest BCUT2D eigenvalue weighted by atomic mass is 35.5. The highest BCUT2D eigenvalue weighted by Gasteiger charge is 2.39. The first kappa shape index (κ1) is 22.3. The van der Waals surface area contributed by atoms with Gasteiger partial charge in [0.1, 0.15) is 5.82 Å². The van der Waals surface area contributed by atoms with Gasteiger partial charge in [-0.25, -0.2) is 4.39 Å². The molecule has 1 saturated heterocycles. The van der Waals surface area contributed by atoms with Crippen LogP contribution in [0.1, 0.15) is 29.6 Å². The van der Waals surface area contributed by atoms with E-state index in [1.807, 2.05) is 0 Å². The molecular formula is C18H27ClFN3O3. The lowest BCUT2D eigenvalue weighted by atomic mass is 9.78. The second kappa shape index (κ2) is 11.1. The molecule has 1 aromatic carbocycles. The first-order valence-electron chi connectivity index (χ1n) is 8.59. The van der Waals surface area contributed by atoms with E-state index < -0.39 is 5.41 Å². The van der Waals surface area contributed by atoms with Crippen molar-refractivity contribution in [2.45, 2.75) is 19.3 Å². The molecule has 3 N–H and O–H groups in total. The van der Waals surface area contributed by atoms with Crippen LogP contribution in [0.3, 0.4) is 0 Å². The van der Waals surface area contributed by atoms with E-state index in [-0.39, 0.29) is 30.0 Å². The van der Waals surface area contributed by atoms with Crippen molar-refractivity contribution in [3.8, 4) is 0 Å². The molecule has 6 nitrogen and oxygen atoms in total. The molecular weight excluding hydrogens is 361 g/mol. The number of halogens is 2. The maximum atomic E-state index is 12.8. The van der Waals surface area contributed by atoms with Gasteiger partial charge in [0, 0.05) is 25.8 Å². The van der Waals surface area contributed by atoms with E-state index in [1.54, 1.807) is 7.11 Å². The number of hydrogen-bond donors (Lipinski definition) is 3. The Kier molecular flexibility index (Phi) is 9.54. The molecule has 0 unspecified atom stereocenters. The normalized spacial score (nSPS) is 15.6. The fourth-order valence-corrected chi connectivity index (χ4v) is 3.00. The number of hydrogen-bond acceptors (Lipinski definition) is 4. The van der Waals surface area contributed by atoms with Gasteiger partial charge in [0.15, 0.2) is 0 Å². The van der Waals surface area contributed by atoms with Crippen LogP contribution in [0.2, 0.25) is 0 Å². The number of carbonyl (C=O) groups excluding carboxylic acids is 2. The predicted molar refractivity (Wildman–Crippen MR) is 100 cm³/mol. The van der Waals surface area contributed by atoms with Crippen LogP contribution in [0.25, 0.3) is 0 Å². The highest BCUT2D eigenvalue weighted by molar-refractivity contribution is 5.94. The summed E-state index contributed by atoms with van der Waals surface area (Å²) in [5.74, 6) is -0.608. The van der Waals surface area contributed by atoms with Gasteiger partial charge < -0.3 is 20.7 Å². The smallest absolute Gasteiger partial charge is 0.251 e. The van der Waals surface area contributed by atoms with E-state index in [1.165, 1.54) is 24.3 Å². The summed E-state index contributed by atoms with van der Waals surface area (Å²) in [6.45, 7) is 2.97. The molecule has 0 spiro atoms. The molecule has 8 heteroatoms. The average Bonchev–Trinajstić information content (AvgIpc) is 2.62. The summed E-state index contributed by atoms with van der Waals surface area (Å²) in [5.41, 5.74) is -0.0450. The molecule has 0 aromatic heterocycles. The van der Waals surface area contributed by atoms with E-state index in [0.29, 0.717) is 31.7 Å². The van der Waals surface area contributed by atoms with Crippen LogP contribution in [0.4, 0.5) is 4.39 Å². The zero-order valence-corrected chi connectivity index (χ0v) is 15.8. The van der Waals surface area contributed by atoms with Gasteiger partial charge >= 0.3 is 0 Å². The third kappa shape index (κ3) is 6.23. The Labute approximate surface area is 159 Å². The summed E-state index contributed by atoms with van der Waals surface area (Å²) < 4.78 is 18.1. The minimum atomic E-state index is -0.461. The third-order valence-electron chi connectivity index (χ3n) is 4.49. The van der Waals surface area contributed by atoms with Crippen molar-refractivity contribution in [3.63, 3.8) is 0 Å². The van der Waals surface area contributed by atoms with Gasteiger partial charge in [-0.3, -0.25) is 9.59 Å². The lowest BCUT2D eigenvalue weighted by Crippen LogP contribution is -2.50. The van der Waals surface area contributed by atoms with Gasteiger partial charge in [-0.1, -0.05) is 0 Å². The van der Waals surface area contributed by atoms with E-state index in [0.717, 1.165) is 25.9 Å². The lowest BCUT2D eigenvalue weighted by molar-refractivity contribution is -0.136. The van der Waals surface area contributed by atoms with Crippen LogP contribution in [-0.2, 0) is 9.53 Å². The molecule has 1 fully saturated rings. The van der Waals surface area contributed by atoms with Crippen LogP contribution in [0.5, 0.6) is 0 Å². The maximum Gasteiger partial charge on any atom is 0.251 e. The van der Waals surface area contributed by atoms with E-state index in [2.05, 4.69) is 16.0 Å². The van der Waals surface area contributed by atoms with Gasteiger partial charge in [0.2, 0.25) is 5.91 Å². The van der Waals surface area contributed by atoms with Crippen LogP contribution in [-0.4, -0.2) is 51.7 Å². The second-order valence-electron chi connectivity index (χ2n) is 6.34. The van der Waals surface area contributed by atoms with Crippen molar-refractivity contribution in [2.75, 3.05) is 39.9 Å². The molecule has 1 aliphatic heterocycles. The summed E-state index contributed by atoms with van der Waals surface area (Å²) in [5, 5.41) is 8.96. The fourth-order valence-electron chi connectivity index (χ4n) is 3.00. The number of carbonyl (C=O) groups is 2. The monoisotopic (exact) mass is 387 g/mol. The molecule has 1 aliphatic rings. The van der Waals surface area contributed by atoms with Crippen molar-refractivity contribution < 1.29 is 18.7 Å². The SMILES string of the molecule is COCC1(C(=O)NCCCNC(=O)c2ccc(F)cc2)CCNCC1.Cl. The number of methoxy groups -OCH3 is 1. The molecule has 0 saturated carbocycles. The van der Waals surface area contributed by atoms with Crippen molar-refractivity contribution in [1.82, 2.24) is 16.0 Å². The molecule has 0 atom stereocenters. The van der Waals surface area contributed by atoms with Crippen LogP contribution in [0.15, 0.2) is 24.3 Å². The summed E-state index contributed by atoms with van der Waals surface area (Å²) in [7, 11) is 1.61. The second-order valence-corrected chi connectivity index (χ2v) is 6.34. The number of nitrogens with one attached hydrogen (secondary N) is 3. The van der Waals surface area contributed by atoms with Crippen LogP contribution < -0.4 is 16.0 Å². The van der Waals surface area contributed by atoms with Crippen LogP contribution >= 0.6 is 12.4 Å². The van der Waals surface area contributed by atoms with Crippen molar-refractivity contribution >= 4 is 24.2 Å². The van der Waals surface area contributed by atoms with E-state index in [9.17, 15) is 14.0 Å². The Balaban J connectivity index is 0.00000338. The standard InChI is InChI=1S/C18H26FN3O3.ClH/c1-25-13-18(7-11-20-12-8-18)17(24)22-10-2-9-21-16(23)14-3-5-15(19)6-4-14;/h3-6,20H,2,7-13H2,1H3,(H,21,23)(H,22,24);1H. The first-order valence-corrected chi connectivity index (χ1v) is 8.59. The Morgan fingerprint density at radius 2 is 1.77 bits per heavy atom. The summed E-state index contributed by atoms with van der Waals surface area (Å²) >= 11 is 0. The van der Waals surface area contributed by atoms with Gasteiger partial charge in [-0.15, -0.1) is 12.4 Å². The zero-order valence-electron chi connectivity index (χ0n) is 15.0. The van der Waals surface area contributed by atoms with Crippen LogP contribution in [0, 0.1) is 11.2 Å². The number of amides is 2. The molecule has 1 aromatic rings. The largest absolute Gasteiger partial charge is 0.384 e. The van der Waals surface area contributed by atoms with Gasteiger partial charge in [-0.05, 0) is 56.6 Å². The fraction of sp³-hybridized carbons (Fsp3) is 0.556. The Morgan fingerprint density at radius 1 is 1.15 bits per heavy atom. The Hall–Kier alpha value is -1.70. The molecule has 0 aliphatic carbocycles. The van der Waals surface area contributed by atoms with Crippen molar-refractivity contribution in [1.29, 1.82) is 0 Å². The zero-order chi connectivity index (χ0) is 18.1. The summed E-state index contributed by atoms with van der Waals surface area (Å²) in [6, 6.07) is 5.39. The van der Waals surface area contributed by atoms with Crippen molar-refractivity contribution in [3.05, 3.63) is 35.6 Å². The molecule has 26 heavy (non-hydrogen) atoms. The molecule has 146 valence electrons. The Morgan fingerprint density at radius 3 is 2.38 bits per heavy atom. The van der Waals surface area contributed by atoms with Gasteiger partial charge in [-0.2, -0.15) is 0 Å². The number of rotatable bonds is 8. The summed E-state index contributed by atoms with van der Waals surface area (Å²) in [4.78, 5) is 24.4. The molecule has 1 heterocycles.